The maximum Gasteiger partial charge on any atom is 0.341 e. The minimum absolute atomic E-state index is 0.0278. The topological polar surface area (TPSA) is 117 Å². The Morgan fingerprint density at radius 3 is 2.36 bits per heavy atom. The minimum Gasteiger partial charge on any atom is -0.479 e. The van der Waals surface area contributed by atoms with E-state index in [9.17, 15) is 14.4 Å². The number of amides is 2. The number of halogens is 2. The number of rotatable bonds is 7. The van der Waals surface area contributed by atoms with Crippen LogP contribution in [0.1, 0.15) is 19.4 Å². The molecule has 25 heavy (non-hydrogen) atoms. The van der Waals surface area contributed by atoms with Gasteiger partial charge in [-0.15, -0.1) is 0 Å². The fourth-order valence-corrected chi connectivity index (χ4v) is 2.13. The molecule has 0 unspecified atom stereocenters. The number of carboxylic acids is 1. The van der Waals surface area contributed by atoms with Gasteiger partial charge in [0.2, 0.25) is 0 Å². The number of nitrogens with one attached hydrogen (secondary N) is 2. The van der Waals surface area contributed by atoms with Crippen LogP contribution < -0.4 is 15.5 Å². The number of aliphatic carboxylic acids is 1. The van der Waals surface area contributed by atoms with Crippen LogP contribution in [0.15, 0.2) is 17.2 Å². The molecule has 10 heteroatoms. The SMILES string of the molecule is CC(C)CNC(=O)C(=O)N/N=C\c1cc(Cl)c(OCC(=O)O)c(Cl)c1. The van der Waals surface area contributed by atoms with Gasteiger partial charge in [0.25, 0.3) is 0 Å². The minimum atomic E-state index is -1.17. The first-order valence-electron chi connectivity index (χ1n) is 7.15. The van der Waals surface area contributed by atoms with E-state index in [2.05, 4.69) is 15.8 Å². The van der Waals surface area contributed by atoms with Crippen molar-refractivity contribution >= 4 is 47.2 Å². The molecule has 0 fully saturated rings. The summed E-state index contributed by atoms with van der Waals surface area (Å²) in [5.74, 6) is -2.63. The van der Waals surface area contributed by atoms with Crippen molar-refractivity contribution < 1.29 is 24.2 Å². The highest BCUT2D eigenvalue weighted by Crippen LogP contribution is 2.33. The predicted molar refractivity (Wildman–Crippen MR) is 93.2 cm³/mol. The molecule has 1 rings (SSSR count). The van der Waals surface area contributed by atoms with E-state index in [-0.39, 0.29) is 21.7 Å². The lowest BCUT2D eigenvalue weighted by atomic mass is 10.2. The molecule has 0 atom stereocenters. The van der Waals surface area contributed by atoms with Gasteiger partial charge in [-0.3, -0.25) is 9.59 Å². The number of nitrogens with zero attached hydrogens (tertiary/aromatic N) is 1. The van der Waals surface area contributed by atoms with Gasteiger partial charge in [0.05, 0.1) is 16.3 Å². The van der Waals surface area contributed by atoms with Gasteiger partial charge in [-0.1, -0.05) is 37.0 Å². The number of hydrazone groups is 1. The zero-order chi connectivity index (χ0) is 19.0. The Balaban J connectivity index is 2.67. The van der Waals surface area contributed by atoms with E-state index in [4.69, 9.17) is 33.0 Å². The van der Waals surface area contributed by atoms with Gasteiger partial charge in [-0.2, -0.15) is 5.10 Å². The lowest BCUT2D eigenvalue weighted by Gasteiger charge is -2.08. The lowest BCUT2D eigenvalue weighted by molar-refractivity contribution is -0.139. The zero-order valence-electron chi connectivity index (χ0n) is 13.5. The molecule has 0 spiro atoms. The van der Waals surface area contributed by atoms with Crippen molar-refractivity contribution in [2.45, 2.75) is 13.8 Å². The molecule has 0 aliphatic rings. The monoisotopic (exact) mass is 389 g/mol. The standard InChI is InChI=1S/C15H17Cl2N3O5/c1-8(2)5-18-14(23)15(24)20-19-6-9-3-10(16)13(11(17)4-9)25-7-12(21)22/h3-4,6,8H,5,7H2,1-2H3,(H,18,23)(H,20,24)(H,21,22)/b19-6-. The average Bonchev–Trinajstić information content (AvgIpc) is 2.51. The second kappa shape index (κ2) is 9.85. The Labute approximate surface area is 154 Å². The fraction of sp³-hybridized carbons (Fsp3) is 0.333. The van der Waals surface area contributed by atoms with Gasteiger partial charge in [0, 0.05) is 6.54 Å². The van der Waals surface area contributed by atoms with Gasteiger partial charge in [-0.05, 0) is 23.6 Å². The third-order valence-corrected chi connectivity index (χ3v) is 3.18. The number of hydrogen-bond acceptors (Lipinski definition) is 5. The van der Waals surface area contributed by atoms with E-state index in [0.29, 0.717) is 12.1 Å². The number of benzene rings is 1. The maximum atomic E-state index is 11.5. The first-order chi connectivity index (χ1) is 11.7. The number of carboxylic acid groups (broad SMARTS) is 1. The van der Waals surface area contributed by atoms with Crippen LogP contribution in [-0.4, -0.2) is 42.3 Å². The third kappa shape index (κ3) is 7.40. The van der Waals surface area contributed by atoms with Crippen molar-refractivity contribution in [3.63, 3.8) is 0 Å². The van der Waals surface area contributed by atoms with Crippen LogP contribution in [0.3, 0.4) is 0 Å². The molecular formula is C15H17Cl2N3O5. The number of ether oxygens (including phenoxy) is 1. The highest BCUT2D eigenvalue weighted by Gasteiger charge is 2.13. The number of carbonyl (C=O) groups excluding carboxylic acids is 2. The molecule has 0 bridgehead atoms. The highest BCUT2D eigenvalue weighted by molar-refractivity contribution is 6.37. The zero-order valence-corrected chi connectivity index (χ0v) is 15.0. The molecule has 8 nitrogen and oxygen atoms in total. The summed E-state index contributed by atoms with van der Waals surface area (Å²) in [6, 6.07) is 2.83. The summed E-state index contributed by atoms with van der Waals surface area (Å²) in [6.45, 7) is 3.58. The van der Waals surface area contributed by atoms with E-state index in [1.807, 2.05) is 13.8 Å². The summed E-state index contributed by atoms with van der Waals surface area (Å²) >= 11 is 11.9. The van der Waals surface area contributed by atoms with Gasteiger partial charge in [0.1, 0.15) is 0 Å². The van der Waals surface area contributed by atoms with Gasteiger partial charge < -0.3 is 15.2 Å². The summed E-state index contributed by atoms with van der Waals surface area (Å²) in [5, 5.41) is 14.8. The van der Waals surface area contributed by atoms with E-state index in [0.717, 1.165) is 0 Å². The van der Waals surface area contributed by atoms with Crippen molar-refractivity contribution in [3.05, 3.63) is 27.7 Å². The second-order valence-corrected chi connectivity index (χ2v) is 6.11. The molecular weight excluding hydrogens is 373 g/mol. The predicted octanol–water partition coefficient (Wildman–Crippen LogP) is 1.68. The van der Waals surface area contributed by atoms with Crippen molar-refractivity contribution in [2.75, 3.05) is 13.2 Å². The molecule has 0 saturated heterocycles. The quantitative estimate of drug-likeness (QED) is 0.372. The smallest absolute Gasteiger partial charge is 0.341 e. The van der Waals surface area contributed by atoms with Crippen LogP contribution in [0, 0.1) is 5.92 Å². The second-order valence-electron chi connectivity index (χ2n) is 5.30. The van der Waals surface area contributed by atoms with E-state index < -0.39 is 24.4 Å². The molecule has 2 amide bonds. The maximum absolute atomic E-state index is 11.5. The third-order valence-electron chi connectivity index (χ3n) is 2.62. The van der Waals surface area contributed by atoms with Crippen LogP contribution in [0.25, 0.3) is 0 Å². The Bertz CT molecular complexity index is 669. The average molecular weight is 390 g/mol. The fourth-order valence-electron chi connectivity index (χ4n) is 1.52. The summed E-state index contributed by atoms with van der Waals surface area (Å²) < 4.78 is 4.97. The Hall–Kier alpha value is -2.32. The normalized spacial score (nSPS) is 10.8. The molecule has 0 heterocycles. The Morgan fingerprint density at radius 2 is 1.84 bits per heavy atom. The van der Waals surface area contributed by atoms with Crippen molar-refractivity contribution in [2.24, 2.45) is 11.0 Å². The molecule has 136 valence electrons. The summed E-state index contributed by atoms with van der Waals surface area (Å²) in [5.41, 5.74) is 2.49. The van der Waals surface area contributed by atoms with Crippen LogP contribution in [0.2, 0.25) is 10.0 Å². The van der Waals surface area contributed by atoms with Gasteiger partial charge in [0.15, 0.2) is 12.4 Å². The van der Waals surface area contributed by atoms with Crippen molar-refractivity contribution in [1.82, 2.24) is 10.7 Å². The van der Waals surface area contributed by atoms with Crippen LogP contribution in [0.5, 0.6) is 5.75 Å². The lowest BCUT2D eigenvalue weighted by Crippen LogP contribution is -2.39. The summed E-state index contributed by atoms with van der Waals surface area (Å²) in [6.07, 6.45) is 1.23. The number of carbonyl (C=O) groups is 3. The molecule has 0 aliphatic heterocycles. The van der Waals surface area contributed by atoms with Crippen LogP contribution in [-0.2, 0) is 14.4 Å². The molecule has 1 aromatic carbocycles. The van der Waals surface area contributed by atoms with Crippen LogP contribution in [0.4, 0.5) is 0 Å². The van der Waals surface area contributed by atoms with Gasteiger partial charge >= 0.3 is 17.8 Å². The van der Waals surface area contributed by atoms with Crippen molar-refractivity contribution in [3.8, 4) is 5.75 Å². The van der Waals surface area contributed by atoms with Gasteiger partial charge in [-0.25, -0.2) is 10.2 Å². The summed E-state index contributed by atoms with van der Waals surface area (Å²) in [4.78, 5) is 33.5. The largest absolute Gasteiger partial charge is 0.479 e. The van der Waals surface area contributed by atoms with Crippen molar-refractivity contribution in [1.29, 1.82) is 0 Å². The van der Waals surface area contributed by atoms with E-state index >= 15 is 0 Å². The first-order valence-corrected chi connectivity index (χ1v) is 7.91. The molecule has 1 aromatic rings. The molecule has 3 N–H and O–H groups in total. The molecule has 0 radical (unpaired) electrons. The van der Waals surface area contributed by atoms with Crippen LogP contribution >= 0.6 is 23.2 Å². The highest BCUT2D eigenvalue weighted by atomic mass is 35.5. The Kier molecular flexibility index (Phi) is 8.17. The molecule has 0 aliphatic carbocycles. The molecule has 0 saturated carbocycles. The number of hydrogen-bond donors (Lipinski definition) is 3. The van der Waals surface area contributed by atoms with E-state index in [1.54, 1.807) is 0 Å². The summed E-state index contributed by atoms with van der Waals surface area (Å²) in [7, 11) is 0. The Morgan fingerprint density at radius 1 is 1.24 bits per heavy atom. The molecule has 0 aromatic heterocycles. The first kappa shape index (κ1) is 20.7. The van der Waals surface area contributed by atoms with E-state index in [1.165, 1.54) is 18.3 Å².